The molecule has 3 rings (SSSR count). The van der Waals surface area contributed by atoms with Gasteiger partial charge in [-0.3, -0.25) is 4.79 Å². The molecule has 0 saturated heterocycles. The van der Waals surface area contributed by atoms with Gasteiger partial charge in [-0.05, 0) is 64.0 Å². The van der Waals surface area contributed by atoms with Crippen LogP contribution >= 0.6 is 34.2 Å². The molecule has 0 bridgehead atoms. The van der Waals surface area contributed by atoms with E-state index in [1.54, 1.807) is 6.07 Å². The Morgan fingerprint density at radius 2 is 1.71 bits per heavy atom. The molecule has 0 N–H and O–H groups in total. The van der Waals surface area contributed by atoms with Gasteiger partial charge in [-0.15, -0.1) is 0 Å². The largest absolute Gasteiger partial charge is 0.289 e. The van der Waals surface area contributed by atoms with Gasteiger partial charge in [0.15, 0.2) is 5.78 Å². The highest BCUT2D eigenvalue weighted by Gasteiger charge is 2.14. The van der Waals surface area contributed by atoms with Gasteiger partial charge in [0.2, 0.25) is 0 Å². The lowest BCUT2D eigenvalue weighted by molar-refractivity contribution is 0.104. The van der Waals surface area contributed by atoms with E-state index in [4.69, 9.17) is 11.6 Å². The maximum absolute atomic E-state index is 12.8. The number of aryl methyl sites for hydroxylation is 1. The first-order chi connectivity index (χ1) is 10.1. The van der Waals surface area contributed by atoms with Gasteiger partial charge in [0.05, 0.1) is 5.02 Å². The molecule has 0 heterocycles. The predicted octanol–water partition coefficient (Wildman–Crippen LogP) is 5.64. The summed E-state index contributed by atoms with van der Waals surface area (Å²) < 4.78 is 0.944. The molecule has 0 amide bonds. The van der Waals surface area contributed by atoms with E-state index in [0.29, 0.717) is 16.1 Å². The van der Waals surface area contributed by atoms with E-state index < -0.39 is 0 Å². The van der Waals surface area contributed by atoms with Gasteiger partial charge < -0.3 is 0 Å². The smallest absolute Gasteiger partial charge is 0.193 e. The highest BCUT2D eigenvalue weighted by molar-refractivity contribution is 14.1. The van der Waals surface area contributed by atoms with Gasteiger partial charge in [-0.2, -0.15) is 0 Å². The quantitative estimate of drug-likeness (QED) is 0.398. The number of carbonyl (C=O) groups excluding carboxylic acids is 1. The fourth-order valence-corrected chi connectivity index (χ4v) is 2.96. The number of benzene rings is 3. The van der Waals surface area contributed by atoms with Gasteiger partial charge in [0, 0.05) is 14.7 Å². The SMILES string of the molecule is Cc1ccc(C(=O)c2ccc(I)c(Cl)c2)c2ccccc12. The minimum atomic E-state index is 0.00417. The highest BCUT2D eigenvalue weighted by Crippen LogP contribution is 2.26. The summed E-state index contributed by atoms with van der Waals surface area (Å²) in [6.07, 6.45) is 0. The summed E-state index contributed by atoms with van der Waals surface area (Å²) in [5.74, 6) is 0.00417. The summed E-state index contributed by atoms with van der Waals surface area (Å²) >= 11 is 8.28. The summed E-state index contributed by atoms with van der Waals surface area (Å²) in [7, 11) is 0. The molecule has 0 saturated carbocycles. The molecule has 0 radical (unpaired) electrons. The zero-order valence-corrected chi connectivity index (χ0v) is 14.3. The lowest BCUT2D eigenvalue weighted by atomic mass is 9.95. The van der Waals surface area contributed by atoms with Gasteiger partial charge in [0.25, 0.3) is 0 Å². The average molecular weight is 407 g/mol. The van der Waals surface area contributed by atoms with Crippen LogP contribution in [0.5, 0.6) is 0 Å². The van der Waals surface area contributed by atoms with Crippen LogP contribution < -0.4 is 0 Å². The second-order valence-electron chi connectivity index (χ2n) is 4.93. The molecular formula is C18H12ClIO. The fraction of sp³-hybridized carbons (Fsp3) is 0.0556. The van der Waals surface area contributed by atoms with Crippen LogP contribution in [-0.2, 0) is 0 Å². The van der Waals surface area contributed by atoms with Crippen LogP contribution in [-0.4, -0.2) is 5.78 Å². The number of rotatable bonds is 2. The lowest BCUT2D eigenvalue weighted by Crippen LogP contribution is -2.03. The van der Waals surface area contributed by atoms with Crippen molar-refractivity contribution >= 4 is 50.7 Å². The Hall–Kier alpha value is -1.39. The predicted molar refractivity (Wildman–Crippen MR) is 96.3 cm³/mol. The minimum absolute atomic E-state index is 0.00417. The van der Waals surface area contributed by atoms with Crippen LogP contribution in [0.15, 0.2) is 54.6 Å². The Bertz CT molecular complexity index is 855. The van der Waals surface area contributed by atoms with Gasteiger partial charge >= 0.3 is 0 Å². The van der Waals surface area contributed by atoms with Crippen molar-refractivity contribution in [3.63, 3.8) is 0 Å². The number of halogens is 2. The molecule has 0 aliphatic rings. The molecule has 0 aliphatic heterocycles. The van der Waals surface area contributed by atoms with Crippen molar-refractivity contribution < 1.29 is 4.79 Å². The molecule has 3 heteroatoms. The summed E-state index contributed by atoms with van der Waals surface area (Å²) in [5, 5.41) is 2.70. The standard InChI is InChI=1S/C18H12ClIO/c1-11-6-8-15(14-5-3-2-4-13(11)14)18(21)12-7-9-17(20)16(19)10-12/h2-10H,1H3. The third-order valence-electron chi connectivity index (χ3n) is 3.57. The molecule has 0 aliphatic carbocycles. The summed E-state index contributed by atoms with van der Waals surface area (Å²) in [6.45, 7) is 2.05. The Morgan fingerprint density at radius 3 is 2.43 bits per heavy atom. The first-order valence-electron chi connectivity index (χ1n) is 6.56. The second-order valence-corrected chi connectivity index (χ2v) is 6.50. The maximum atomic E-state index is 12.8. The van der Waals surface area contributed by atoms with Crippen LogP contribution in [0.25, 0.3) is 10.8 Å². The van der Waals surface area contributed by atoms with Crippen molar-refractivity contribution in [2.45, 2.75) is 6.92 Å². The monoisotopic (exact) mass is 406 g/mol. The van der Waals surface area contributed by atoms with Crippen molar-refractivity contribution in [2.75, 3.05) is 0 Å². The average Bonchev–Trinajstić information content (AvgIpc) is 2.50. The van der Waals surface area contributed by atoms with E-state index >= 15 is 0 Å². The first-order valence-corrected chi connectivity index (χ1v) is 8.01. The summed E-state index contributed by atoms with van der Waals surface area (Å²) in [6, 6.07) is 17.3. The molecule has 0 atom stereocenters. The Kier molecular flexibility index (Phi) is 4.00. The Labute approximate surface area is 142 Å². The number of hydrogen-bond acceptors (Lipinski definition) is 1. The highest BCUT2D eigenvalue weighted by atomic mass is 127. The topological polar surface area (TPSA) is 17.1 Å². The van der Waals surface area contributed by atoms with Crippen molar-refractivity contribution in [1.82, 2.24) is 0 Å². The molecule has 0 aromatic heterocycles. The third-order valence-corrected chi connectivity index (χ3v) is 5.14. The summed E-state index contributed by atoms with van der Waals surface area (Å²) in [5.41, 5.74) is 2.51. The minimum Gasteiger partial charge on any atom is -0.289 e. The maximum Gasteiger partial charge on any atom is 0.193 e. The first kappa shape index (κ1) is 14.5. The molecule has 1 nitrogen and oxygen atoms in total. The van der Waals surface area contributed by atoms with Crippen molar-refractivity contribution in [1.29, 1.82) is 0 Å². The van der Waals surface area contributed by atoms with Crippen molar-refractivity contribution in [3.8, 4) is 0 Å². The Balaban J connectivity index is 2.18. The normalized spacial score (nSPS) is 10.8. The molecule has 104 valence electrons. The molecule has 0 spiro atoms. The van der Waals surface area contributed by atoms with Crippen LogP contribution in [0.4, 0.5) is 0 Å². The zero-order chi connectivity index (χ0) is 15.0. The molecule has 0 unspecified atom stereocenters. The molecule has 3 aromatic rings. The number of carbonyl (C=O) groups is 1. The van der Waals surface area contributed by atoms with Crippen LogP contribution in [0.3, 0.4) is 0 Å². The zero-order valence-electron chi connectivity index (χ0n) is 11.4. The fourth-order valence-electron chi connectivity index (χ4n) is 2.44. The molecule has 21 heavy (non-hydrogen) atoms. The van der Waals surface area contributed by atoms with E-state index in [0.717, 1.165) is 14.3 Å². The number of hydrogen-bond donors (Lipinski definition) is 0. The van der Waals surface area contributed by atoms with Crippen molar-refractivity contribution in [3.05, 3.63) is 79.9 Å². The third kappa shape index (κ3) is 2.70. The van der Waals surface area contributed by atoms with E-state index in [9.17, 15) is 4.79 Å². The lowest BCUT2D eigenvalue weighted by Gasteiger charge is -2.09. The molecule has 3 aromatic carbocycles. The van der Waals surface area contributed by atoms with E-state index in [2.05, 4.69) is 29.5 Å². The van der Waals surface area contributed by atoms with Gasteiger partial charge in [-0.1, -0.05) is 48.0 Å². The van der Waals surface area contributed by atoms with Crippen LogP contribution in [0.1, 0.15) is 21.5 Å². The number of fused-ring (bicyclic) bond motifs is 1. The summed E-state index contributed by atoms with van der Waals surface area (Å²) in [4.78, 5) is 12.8. The molecule has 0 fully saturated rings. The van der Waals surface area contributed by atoms with Gasteiger partial charge in [0.1, 0.15) is 0 Å². The van der Waals surface area contributed by atoms with E-state index in [1.807, 2.05) is 48.5 Å². The second kappa shape index (κ2) is 5.78. The van der Waals surface area contributed by atoms with Crippen LogP contribution in [0, 0.1) is 10.5 Å². The number of ketones is 1. The molecular weight excluding hydrogens is 395 g/mol. The van der Waals surface area contributed by atoms with Gasteiger partial charge in [-0.25, -0.2) is 0 Å². The van der Waals surface area contributed by atoms with E-state index in [1.165, 1.54) is 5.56 Å². The van der Waals surface area contributed by atoms with Crippen molar-refractivity contribution in [2.24, 2.45) is 0 Å². The Morgan fingerprint density at radius 1 is 1.00 bits per heavy atom. The van der Waals surface area contributed by atoms with Crippen LogP contribution in [0.2, 0.25) is 5.02 Å². The van der Waals surface area contributed by atoms with E-state index in [-0.39, 0.29) is 5.78 Å².